The standard InChI is InChI=1S/C19H38N2O4/c1-5-6-7-8-9-10-11-12-13-14-17(22)19(25-20,15-18(23)24)16-21(2,3)4/h5-16,20H2,1-4H3/p+1. The molecule has 0 bridgehead atoms. The predicted octanol–water partition coefficient (Wildman–Crippen LogP) is 3.29. The zero-order valence-corrected chi connectivity index (χ0v) is 16.7. The Bertz CT molecular complexity index is 393. The van der Waals surface area contributed by atoms with Crippen LogP contribution in [0.2, 0.25) is 0 Å². The molecule has 6 heteroatoms. The van der Waals surface area contributed by atoms with Gasteiger partial charge in [0.2, 0.25) is 5.60 Å². The molecule has 0 radical (unpaired) electrons. The van der Waals surface area contributed by atoms with Crippen LogP contribution in [-0.2, 0) is 14.4 Å². The molecule has 0 amide bonds. The molecule has 1 atom stereocenters. The maximum Gasteiger partial charge on any atom is 0.307 e. The molecule has 148 valence electrons. The molecule has 1 unspecified atom stereocenters. The number of quaternary nitrogens is 1. The monoisotopic (exact) mass is 359 g/mol. The third kappa shape index (κ3) is 11.3. The van der Waals surface area contributed by atoms with Gasteiger partial charge in [-0.15, -0.1) is 0 Å². The largest absolute Gasteiger partial charge is 0.481 e. The van der Waals surface area contributed by atoms with E-state index in [9.17, 15) is 9.59 Å². The number of aliphatic carboxylic acids is 1. The van der Waals surface area contributed by atoms with Crippen molar-refractivity contribution in [2.24, 2.45) is 5.90 Å². The van der Waals surface area contributed by atoms with E-state index in [4.69, 9.17) is 15.8 Å². The fraction of sp³-hybridized carbons (Fsp3) is 0.895. The lowest BCUT2D eigenvalue weighted by Crippen LogP contribution is -2.57. The van der Waals surface area contributed by atoms with Gasteiger partial charge in [0.1, 0.15) is 6.54 Å². The first-order valence-corrected chi connectivity index (χ1v) is 9.60. The molecule has 0 aliphatic heterocycles. The Hall–Kier alpha value is -0.980. The number of carbonyl (C=O) groups is 2. The lowest BCUT2D eigenvalue weighted by atomic mass is 9.89. The quantitative estimate of drug-likeness (QED) is 0.251. The van der Waals surface area contributed by atoms with Crippen molar-refractivity contribution in [2.75, 3.05) is 27.7 Å². The number of rotatable bonds is 16. The molecular weight excluding hydrogens is 320 g/mol. The van der Waals surface area contributed by atoms with E-state index in [0.29, 0.717) is 10.9 Å². The van der Waals surface area contributed by atoms with Gasteiger partial charge in [-0.1, -0.05) is 58.3 Å². The van der Waals surface area contributed by atoms with E-state index in [0.717, 1.165) is 19.3 Å². The molecule has 0 rings (SSSR count). The van der Waals surface area contributed by atoms with Crippen molar-refractivity contribution in [2.45, 2.75) is 83.2 Å². The summed E-state index contributed by atoms with van der Waals surface area (Å²) in [7, 11) is 5.67. The van der Waals surface area contributed by atoms with Crippen LogP contribution in [0.5, 0.6) is 0 Å². The van der Waals surface area contributed by atoms with E-state index in [1.165, 1.54) is 38.5 Å². The smallest absolute Gasteiger partial charge is 0.307 e. The van der Waals surface area contributed by atoms with E-state index in [1.807, 2.05) is 21.1 Å². The highest BCUT2D eigenvalue weighted by Gasteiger charge is 2.45. The van der Waals surface area contributed by atoms with Crippen LogP contribution >= 0.6 is 0 Å². The Balaban J connectivity index is 4.32. The summed E-state index contributed by atoms with van der Waals surface area (Å²) in [4.78, 5) is 28.8. The summed E-state index contributed by atoms with van der Waals surface area (Å²) in [6.07, 6.45) is 10.4. The molecule has 3 N–H and O–H groups in total. The van der Waals surface area contributed by atoms with Gasteiger partial charge in [-0.05, 0) is 6.42 Å². The summed E-state index contributed by atoms with van der Waals surface area (Å²) < 4.78 is 0.411. The minimum absolute atomic E-state index is 0.201. The first-order valence-electron chi connectivity index (χ1n) is 9.60. The van der Waals surface area contributed by atoms with E-state index in [-0.39, 0.29) is 12.3 Å². The van der Waals surface area contributed by atoms with Gasteiger partial charge < -0.3 is 9.59 Å². The predicted molar refractivity (Wildman–Crippen MR) is 100 cm³/mol. The van der Waals surface area contributed by atoms with Crippen molar-refractivity contribution in [3.8, 4) is 0 Å². The number of nitrogens with two attached hydrogens (primary N) is 1. The summed E-state index contributed by atoms with van der Waals surface area (Å²) in [5, 5.41) is 9.16. The second kappa shape index (κ2) is 12.4. The first-order chi connectivity index (χ1) is 11.7. The SMILES string of the molecule is CCCCCCCCCCCC(=O)C(CC(=O)O)(C[N+](C)(C)C)ON. The molecule has 0 aromatic rings. The van der Waals surface area contributed by atoms with E-state index in [1.54, 1.807) is 0 Å². The topological polar surface area (TPSA) is 89.6 Å². The van der Waals surface area contributed by atoms with Crippen molar-refractivity contribution in [3.63, 3.8) is 0 Å². The summed E-state index contributed by atoms with van der Waals surface area (Å²) in [5.41, 5.74) is -1.44. The van der Waals surface area contributed by atoms with Gasteiger partial charge >= 0.3 is 5.97 Å². The summed E-state index contributed by atoms with van der Waals surface area (Å²) in [5.74, 6) is 4.11. The van der Waals surface area contributed by atoms with E-state index in [2.05, 4.69) is 6.92 Å². The van der Waals surface area contributed by atoms with Crippen LogP contribution in [0, 0.1) is 0 Å². The van der Waals surface area contributed by atoms with E-state index < -0.39 is 18.0 Å². The number of Topliss-reactive ketones (excluding diaryl/α,β-unsaturated/α-hetero) is 1. The molecule has 0 fully saturated rings. The average Bonchev–Trinajstić information content (AvgIpc) is 2.50. The molecule has 25 heavy (non-hydrogen) atoms. The number of carbonyl (C=O) groups excluding carboxylic acids is 1. The molecular formula is C19H39N2O4+. The summed E-state index contributed by atoms with van der Waals surface area (Å²) in [6.45, 7) is 2.46. The third-order valence-electron chi connectivity index (χ3n) is 4.41. The Labute approximate surface area is 153 Å². The lowest BCUT2D eigenvalue weighted by molar-refractivity contribution is -0.875. The molecule has 0 saturated carbocycles. The van der Waals surface area contributed by atoms with E-state index >= 15 is 0 Å². The molecule has 0 heterocycles. The van der Waals surface area contributed by atoms with Gasteiger partial charge in [-0.3, -0.25) is 14.4 Å². The molecule has 0 aromatic heterocycles. The molecule has 0 aliphatic carbocycles. The van der Waals surface area contributed by atoms with Gasteiger partial charge in [-0.25, -0.2) is 5.90 Å². The highest BCUT2D eigenvalue weighted by atomic mass is 16.6. The molecule has 6 nitrogen and oxygen atoms in total. The van der Waals surface area contributed by atoms with Gasteiger partial charge in [0.15, 0.2) is 5.78 Å². The Morgan fingerprint density at radius 3 is 1.84 bits per heavy atom. The first kappa shape index (κ1) is 24.0. The van der Waals surface area contributed by atoms with Crippen molar-refractivity contribution >= 4 is 11.8 Å². The molecule has 0 saturated heterocycles. The number of unbranched alkanes of at least 4 members (excludes halogenated alkanes) is 8. The van der Waals surface area contributed by atoms with Crippen molar-refractivity contribution in [1.82, 2.24) is 0 Å². The lowest BCUT2D eigenvalue weighted by Gasteiger charge is -2.35. The number of carboxylic acid groups (broad SMARTS) is 1. The van der Waals surface area contributed by atoms with Crippen LogP contribution in [0.3, 0.4) is 0 Å². The number of carboxylic acids is 1. The Morgan fingerprint density at radius 2 is 1.44 bits per heavy atom. The second-order valence-electron chi connectivity index (χ2n) is 8.13. The average molecular weight is 360 g/mol. The Kier molecular flexibility index (Phi) is 11.9. The normalized spacial score (nSPS) is 14.3. The number of nitrogens with zero attached hydrogens (tertiary/aromatic N) is 1. The van der Waals surface area contributed by atoms with Gasteiger partial charge in [0.25, 0.3) is 0 Å². The van der Waals surface area contributed by atoms with Crippen LogP contribution < -0.4 is 5.90 Å². The van der Waals surface area contributed by atoms with Gasteiger partial charge in [0.05, 0.1) is 27.6 Å². The van der Waals surface area contributed by atoms with Crippen molar-refractivity contribution in [1.29, 1.82) is 0 Å². The maximum atomic E-state index is 12.6. The second-order valence-corrected chi connectivity index (χ2v) is 8.13. The number of hydrogen-bond acceptors (Lipinski definition) is 4. The van der Waals surface area contributed by atoms with Crippen LogP contribution in [-0.4, -0.2) is 54.6 Å². The van der Waals surface area contributed by atoms with Gasteiger partial charge in [0, 0.05) is 6.42 Å². The van der Waals surface area contributed by atoms with Crippen LogP contribution in [0.25, 0.3) is 0 Å². The number of likely N-dealkylation sites (N-methyl/N-ethyl adjacent to an activating group) is 1. The van der Waals surface area contributed by atoms with Crippen LogP contribution in [0.4, 0.5) is 0 Å². The van der Waals surface area contributed by atoms with Crippen molar-refractivity contribution < 1.29 is 24.0 Å². The molecule has 0 aromatic carbocycles. The van der Waals surface area contributed by atoms with Gasteiger partial charge in [-0.2, -0.15) is 0 Å². The fourth-order valence-corrected chi connectivity index (χ4v) is 3.22. The highest BCUT2D eigenvalue weighted by Crippen LogP contribution is 2.23. The van der Waals surface area contributed by atoms with Crippen molar-refractivity contribution in [3.05, 3.63) is 0 Å². The van der Waals surface area contributed by atoms with Crippen LogP contribution in [0.1, 0.15) is 77.6 Å². The molecule has 0 spiro atoms. The summed E-state index contributed by atoms with van der Waals surface area (Å²) in [6, 6.07) is 0. The zero-order valence-electron chi connectivity index (χ0n) is 16.7. The van der Waals surface area contributed by atoms with Crippen LogP contribution in [0.15, 0.2) is 0 Å². The Morgan fingerprint density at radius 1 is 0.960 bits per heavy atom. The maximum absolute atomic E-state index is 12.6. The number of hydrogen-bond donors (Lipinski definition) is 2. The highest BCUT2D eigenvalue weighted by molar-refractivity contribution is 5.91. The zero-order chi connectivity index (χ0) is 19.3. The molecule has 0 aliphatic rings. The summed E-state index contributed by atoms with van der Waals surface area (Å²) >= 11 is 0. The minimum atomic E-state index is -1.44. The minimum Gasteiger partial charge on any atom is -0.481 e. The number of ketones is 1. The fourth-order valence-electron chi connectivity index (χ4n) is 3.22. The third-order valence-corrected chi connectivity index (χ3v) is 4.41.